The molecular formula is C33H29F2N7O7S. The summed E-state index contributed by atoms with van der Waals surface area (Å²) in [6.45, 7) is 0.577. The maximum atomic E-state index is 15.2. The Morgan fingerprint density at radius 1 is 1.00 bits per heavy atom. The van der Waals surface area contributed by atoms with Crippen molar-refractivity contribution >= 4 is 33.3 Å². The number of hydrogen-bond acceptors (Lipinski definition) is 10. The molecule has 0 saturated carbocycles. The highest BCUT2D eigenvalue weighted by atomic mass is 32.2. The number of carbonyl (C=O) groups excluding carboxylic acids is 1. The van der Waals surface area contributed by atoms with Gasteiger partial charge in [0, 0.05) is 57.1 Å². The average Bonchev–Trinajstić information content (AvgIpc) is 3.62. The van der Waals surface area contributed by atoms with Crippen LogP contribution in [0.1, 0.15) is 22.8 Å². The summed E-state index contributed by atoms with van der Waals surface area (Å²) in [5.41, 5.74) is -2.00. The van der Waals surface area contributed by atoms with Gasteiger partial charge in [-0.2, -0.15) is 0 Å². The molecule has 0 spiro atoms. The van der Waals surface area contributed by atoms with Crippen molar-refractivity contribution in [3.8, 4) is 17.2 Å². The van der Waals surface area contributed by atoms with Crippen LogP contribution in [0.3, 0.4) is 0 Å². The number of rotatable bonds is 10. The highest BCUT2D eigenvalue weighted by Gasteiger charge is 2.25. The number of ether oxygens (including phenoxy) is 2. The van der Waals surface area contributed by atoms with E-state index in [1.807, 2.05) is 0 Å². The van der Waals surface area contributed by atoms with Gasteiger partial charge < -0.3 is 20.1 Å². The SMILES string of the molecule is CN(C)S(=O)(=O)c1ccc(Nc2cc(Oc3ccc(NC(=O)c4cn([C@H]5CCOC5)c(=O)n(-c5ccc(F)cc5)c4=O)cc3F)ccn2)nc1. The number of hydrogen-bond donors (Lipinski definition) is 2. The van der Waals surface area contributed by atoms with E-state index in [2.05, 4.69) is 20.6 Å². The van der Waals surface area contributed by atoms with Crippen LogP contribution in [0.15, 0.2) is 99.8 Å². The predicted octanol–water partition coefficient (Wildman–Crippen LogP) is 4.07. The molecule has 258 valence electrons. The van der Waals surface area contributed by atoms with Crippen LogP contribution in [0, 0.1) is 11.6 Å². The standard InChI is InChI=1S/C33H29F2N7O7S/c1-40(2)50(46,47)25-8-10-29(37-17-25)39-30-16-24(11-13-36-30)49-28-9-5-21(15-27(28)35)38-31(43)26-18-41(23-12-14-48-19-23)33(45)42(32(26)44)22-6-3-20(34)4-7-22/h3-11,13,15-18,23H,12,14,19H2,1-2H3,(H,38,43)(H,36,37,39)/t23-/m0/s1. The van der Waals surface area contributed by atoms with Crippen LogP contribution in [-0.2, 0) is 14.8 Å². The van der Waals surface area contributed by atoms with E-state index in [1.54, 1.807) is 0 Å². The van der Waals surface area contributed by atoms with Gasteiger partial charge in [-0.3, -0.25) is 14.2 Å². The monoisotopic (exact) mass is 705 g/mol. The Balaban J connectivity index is 1.19. The fourth-order valence-electron chi connectivity index (χ4n) is 5.03. The molecule has 0 radical (unpaired) electrons. The van der Waals surface area contributed by atoms with Crippen LogP contribution < -0.4 is 26.6 Å². The number of nitrogens with zero attached hydrogens (tertiary/aromatic N) is 5. The molecule has 5 aromatic rings. The van der Waals surface area contributed by atoms with Crippen molar-refractivity contribution in [2.75, 3.05) is 37.9 Å². The maximum Gasteiger partial charge on any atom is 0.336 e. The number of aromatic nitrogens is 4. The molecule has 1 aliphatic rings. The van der Waals surface area contributed by atoms with Crippen LogP contribution in [-0.4, -0.2) is 65.0 Å². The Morgan fingerprint density at radius 3 is 2.44 bits per heavy atom. The van der Waals surface area contributed by atoms with Crippen LogP contribution >= 0.6 is 0 Å². The van der Waals surface area contributed by atoms with Crippen LogP contribution in [0.2, 0.25) is 0 Å². The normalized spacial score (nSPS) is 14.5. The van der Waals surface area contributed by atoms with E-state index in [-0.39, 0.29) is 40.2 Å². The topological polar surface area (TPSA) is 167 Å². The third kappa shape index (κ3) is 7.14. The Bertz CT molecular complexity index is 2290. The van der Waals surface area contributed by atoms with Gasteiger partial charge >= 0.3 is 5.69 Å². The van der Waals surface area contributed by atoms with Gasteiger partial charge in [-0.1, -0.05) is 0 Å². The van der Waals surface area contributed by atoms with E-state index in [9.17, 15) is 27.2 Å². The zero-order valence-corrected chi connectivity index (χ0v) is 27.4. The van der Waals surface area contributed by atoms with E-state index in [4.69, 9.17) is 9.47 Å². The van der Waals surface area contributed by atoms with E-state index in [0.717, 1.165) is 33.3 Å². The number of halogens is 2. The molecule has 4 heterocycles. The van der Waals surface area contributed by atoms with E-state index >= 15 is 4.39 Å². The fraction of sp³-hybridized carbons (Fsp3) is 0.182. The Labute approximate surface area is 283 Å². The molecule has 50 heavy (non-hydrogen) atoms. The lowest BCUT2D eigenvalue weighted by Gasteiger charge is -2.17. The zero-order chi connectivity index (χ0) is 35.6. The summed E-state index contributed by atoms with van der Waals surface area (Å²) in [6.07, 6.45) is 4.23. The number of amides is 1. The molecule has 1 saturated heterocycles. The Morgan fingerprint density at radius 2 is 1.78 bits per heavy atom. The lowest BCUT2D eigenvalue weighted by Crippen LogP contribution is -2.43. The largest absolute Gasteiger partial charge is 0.454 e. The van der Waals surface area contributed by atoms with Gasteiger partial charge in [-0.15, -0.1) is 0 Å². The highest BCUT2D eigenvalue weighted by Crippen LogP contribution is 2.29. The summed E-state index contributed by atoms with van der Waals surface area (Å²) < 4.78 is 67.6. The first-order valence-corrected chi connectivity index (χ1v) is 16.5. The summed E-state index contributed by atoms with van der Waals surface area (Å²) in [5.74, 6) is -1.73. The molecule has 17 heteroatoms. The second-order valence-corrected chi connectivity index (χ2v) is 13.4. The van der Waals surface area contributed by atoms with E-state index in [1.165, 1.54) is 79.6 Å². The first-order chi connectivity index (χ1) is 23.9. The summed E-state index contributed by atoms with van der Waals surface area (Å²) in [4.78, 5) is 48.5. The third-order valence-electron chi connectivity index (χ3n) is 7.66. The third-order valence-corrected chi connectivity index (χ3v) is 9.46. The molecular weight excluding hydrogens is 676 g/mol. The molecule has 1 atom stereocenters. The molecule has 1 amide bonds. The van der Waals surface area contributed by atoms with Crippen molar-refractivity contribution < 1.29 is 31.5 Å². The molecule has 0 unspecified atom stereocenters. The molecule has 1 fully saturated rings. The summed E-state index contributed by atoms with van der Waals surface area (Å²) in [5, 5.41) is 5.41. The molecule has 6 rings (SSSR count). The van der Waals surface area contributed by atoms with Crippen molar-refractivity contribution in [1.82, 2.24) is 23.4 Å². The number of carbonyl (C=O) groups is 1. The number of benzene rings is 2. The number of nitrogens with one attached hydrogen (secondary N) is 2. The van der Waals surface area contributed by atoms with Crippen LogP contribution in [0.4, 0.5) is 26.1 Å². The zero-order valence-electron chi connectivity index (χ0n) is 26.5. The minimum Gasteiger partial charge on any atom is -0.454 e. The minimum absolute atomic E-state index is 0.00239. The first-order valence-electron chi connectivity index (χ1n) is 15.0. The van der Waals surface area contributed by atoms with Crippen molar-refractivity contribution in [2.45, 2.75) is 17.4 Å². The minimum atomic E-state index is -3.65. The van der Waals surface area contributed by atoms with Crippen molar-refractivity contribution in [2.24, 2.45) is 0 Å². The molecule has 2 N–H and O–H groups in total. The van der Waals surface area contributed by atoms with Crippen molar-refractivity contribution in [1.29, 1.82) is 0 Å². The maximum absolute atomic E-state index is 15.2. The Kier molecular flexibility index (Phi) is 9.54. The smallest absolute Gasteiger partial charge is 0.336 e. The highest BCUT2D eigenvalue weighted by molar-refractivity contribution is 7.89. The van der Waals surface area contributed by atoms with Crippen LogP contribution in [0.5, 0.6) is 11.5 Å². The van der Waals surface area contributed by atoms with Gasteiger partial charge in [0.05, 0.1) is 18.3 Å². The van der Waals surface area contributed by atoms with E-state index < -0.39 is 50.4 Å². The fourth-order valence-corrected chi connectivity index (χ4v) is 5.88. The molecule has 1 aliphatic heterocycles. The number of anilines is 3. The number of pyridine rings is 2. The second-order valence-electron chi connectivity index (χ2n) is 11.2. The van der Waals surface area contributed by atoms with Gasteiger partial charge in [-0.05, 0) is 61.0 Å². The van der Waals surface area contributed by atoms with Crippen molar-refractivity contribution in [3.05, 3.63) is 123 Å². The van der Waals surface area contributed by atoms with Gasteiger partial charge in [-0.25, -0.2) is 40.8 Å². The predicted molar refractivity (Wildman–Crippen MR) is 178 cm³/mol. The first kappa shape index (κ1) is 34.1. The Hall–Kier alpha value is -5.78. The molecule has 0 bridgehead atoms. The molecule has 2 aromatic carbocycles. The quantitative estimate of drug-likeness (QED) is 0.216. The van der Waals surface area contributed by atoms with Crippen LogP contribution in [0.25, 0.3) is 5.69 Å². The summed E-state index contributed by atoms with van der Waals surface area (Å²) in [7, 11) is -0.825. The molecule has 14 nitrogen and oxygen atoms in total. The van der Waals surface area contributed by atoms with Gasteiger partial charge in [0.2, 0.25) is 10.0 Å². The summed E-state index contributed by atoms with van der Waals surface area (Å²) in [6, 6.07) is 13.7. The van der Waals surface area contributed by atoms with Gasteiger partial charge in [0.25, 0.3) is 11.5 Å². The summed E-state index contributed by atoms with van der Waals surface area (Å²) >= 11 is 0. The number of sulfonamides is 1. The average molecular weight is 706 g/mol. The molecule has 0 aliphatic carbocycles. The lowest BCUT2D eigenvalue weighted by molar-refractivity contribution is 0.102. The van der Waals surface area contributed by atoms with Gasteiger partial charge in [0.15, 0.2) is 11.6 Å². The van der Waals surface area contributed by atoms with Gasteiger partial charge in [0.1, 0.15) is 33.7 Å². The van der Waals surface area contributed by atoms with E-state index in [0.29, 0.717) is 18.8 Å². The second kappa shape index (κ2) is 14.0. The molecule has 3 aromatic heterocycles. The lowest BCUT2D eigenvalue weighted by atomic mass is 10.2. The van der Waals surface area contributed by atoms with Crippen molar-refractivity contribution in [3.63, 3.8) is 0 Å².